The van der Waals surface area contributed by atoms with Crippen molar-refractivity contribution in [3.05, 3.63) is 114 Å². The molecule has 36 heavy (non-hydrogen) atoms. The molecule has 5 nitrogen and oxygen atoms in total. The highest BCUT2D eigenvalue weighted by atomic mass is 32.2. The van der Waals surface area contributed by atoms with Gasteiger partial charge in [0.25, 0.3) is 5.91 Å². The van der Waals surface area contributed by atoms with Crippen molar-refractivity contribution < 1.29 is 14.7 Å². The van der Waals surface area contributed by atoms with Crippen LogP contribution in [0.1, 0.15) is 27.2 Å². The fourth-order valence-corrected chi connectivity index (χ4v) is 4.46. The Kier molecular flexibility index (Phi) is 7.98. The van der Waals surface area contributed by atoms with E-state index in [-0.39, 0.29) is 5.91 Å². The first-order chi connectivity index (χ1) is 17.4. The Morgan fingerprint density at radius 2 is 1.64 bits per heavy atom. The molecule has 0 saturated heterocycles. The molecule has 1 aromatic heterocycles. The van der Waals surface area contributed by atoms with Gasteiger partial charge in [0.1, 0.15) is 0 Å². The van der Waals surface area contributed by atoms with E-state index in [1.807, 2.05) is 86.0 Å². The Morgan fingerprint density at radius 3 is 2.36 bits per heavy atom. The van der Waals surface area contributed by atoms with Gasteiger partial charge < -0.3 is 10.4 Å². The molecule has 0 fully saturated rings. The molecule has 4 rings (SSSR count). The number of carbonyl (C=O) groups is 2. The molecule has 0 radical (unpaired) electrons. The van der Waals surface area contributed by atoms with Gasteiger partial charge in [-0.25, -0.2) is 4.79 Å². The highest BCUT2D eigenvalue weighted by Gasteiger charge is 2.09. The molecule has 0 aliphatic rings. The Balaban J connectivity index is 1.48. The second-order valence-corrected chi connectivity index (χ2v) is 9.13. The van der Waals surface area contributed by atoms with Crippen molar-refractivity contribution in [2.24, 2.45) is 0 Å². The number of aryl methyl sites for hydroxylation is 1. The van der Waals surface area contributed by atoms with E-state index in [2.05, 4.69) is 16.4 Å². The first-order valence-electron chi connectivity index (χ1n) is 11.4. The molecule has 0 unspecified atom stereocenters. The molecule has 2 N–H and O–H groups in total. The van der Waals surface area contributed by atoms with Crippen molar-refractivity contribution in [3.8, 4) is 22.3 Å². The molecule has 0 aliphatic heterocycles. The van der Waals surface area contributed by atoms with E-state index in [0.29, 0.717) is 12.1 Å². The topological polar surface area (TPSA) is 79.3 Å². The fraction of sp³-hybridized carbons (Fsp3) is 0.100. The number of thioether (sulfide) groups is 1. The summed E-state index contributed by atoms with van der Waals surface area (Å²) >= 11 is 1.63. The van der Waals surface area contributed by atoms with Crippen LogP contribution in [0.15, 0.2) is 96.0 Å². The van der Waals surface area contributed by atoms with E-state index in [1.165, 1.54) is 0 Å². The lowest BCUT2D eigenvalue weighted by molar-refractivity contribution is -0.131. The predicted molar refractivity (Wildman–Crippen MR) is 146 cm³/mol. The second kappa shape index (κ2) is 11.5. The molecule has 1 amide bonds. The summed E-state index contributed by atoms with van der Waals surface area (Å²) in [6.45, 7) is 2.37. The summed E-state index contributed by atoms with van der Waals surface area (Å²) in [4.78, 5) is 28.9. The molecule has 1 heterocycles. The van der Waals surface area contributed by atoms with Crippen LogP contribution in [-0.4, -0.2) is 28.2 Å². The quantitative estimate of drug-likeness (QED) is 0.217. The van der Waals surface area contributed by atoms with Crippen LogP contribution in [0.4, 0.5) is 0 Å². The molecular formula is C30H26N2O3S. The summed E-state index contributed by atoms with van der Waals surface area (Å²) in [6, 6.07) is 25.6. The number of pyridine rings is 1. The SMILES string of the molecule is CSc1cc(C(=O)NCc2cc(-c3cccc(-c4ccc(/C=C/C(=O)O)cc4)c3)ccn2)ccc1C. The van der Waals surface area contributed by atoms with Gasteiger partial charge in [-0.1, -0.05) is 48.5 Å². The van der Waals surface area contributed by atoms with Crippen molar-refractivity contribution in [1.82, 2.24) is 10.3 Å². The zero-order valence-electron chi connectivity index (χ0n) is 20.1. The third-order valence-corrected chi connectivity index (χ3v) is 6.65. The van der Waals surface area contributed by atoms with Crippen LogP contribution in [0, 0.1) is 6.92 Å². The van der Waals surface area contributed by atoms with E-state index < -0.39 is 5.97 Å². The maximum Gasteiger partial charge on any atom is 0.328 e. The minimum Gasteiger partial charge on any atom is -0.478 e. The molecule has 0 atom stereocenters. The molecule has 180 valence electrons. The van der Waals surface area contributed by atoms with Crippen molar-refractivity contribution >= 4 is 29.7 Å². The van der Waals surface area contributed by atoms with E-state index in [4.69, 9.17) is 5.11 Å². The lowest BCUT2D eigenvalue weighted by Crippen LogP contribution is -2.23. The van der Waals surface area contributed by atoms with Gasteiger partial charge in [0, 0.05) is 22.7 Å². The molecular weight excluding hydrogens is 468 g/mol. The van der Waals surface area contributed by atoms with Crippen LogP contribution in [0.3, 0.4) is 0 Å². The number of aliphatic carboxylic acids is 1. The third kappa shape index (κ3) is 6.29. The number of hydrogen-bond acceptors (Lipinski definition) is 4. The highest BCUT2D eigenvalue weighted by Crippen LogP contribution is 2.27. The Labute approximate surface area is 214 Å². The van der Waals surface area contributed by atoms with Gasteiger partial charge in [-0.15, -0.1) is 11.8 Å². The van der Waals surface area contributed by atoms with Crippen LogP contribution in [0.25, 0.3) is 28.3 Å². The van der Waals surface area contributed by atoms with Crippen LogP contribution < -0.4 is 5.32 Å². The average molecular weight is 495 g/mol. The number of nitrogens with zero attached hydrogens (tertiary/aromatic N) is 1. The van der Waals surface area contributed by atoms with Crippen molar-refractivity contribution in [2.45, 2.75) is 18.4 Å². The molecule has 0 bridgehead atoms. The van der Waals surface area contributed by atoms with Gasteiger partial charge >= 0.3 is 5.97 Å². The van der Waals surface area contributed by atoms with E-state index in [0.717, 1.165) is 50.0 Å². The predicted octanol–water partition coefficient (Wildman–Crippen LogP) is 6.47. The van der Waals surface area contributed by atoms with E-state index >= 15 is 0 Å². The Morgan fingerprint density at radius 1 is 0.917 bits per heavy atom. The molecule has 4 aromatic rings. The smallest absolute Gasteiger partial charge is 0.328 e. The van der Waals surface area contributed by atoms with Crippen LogP contribution in [0.5, 0.6) is 0 Å². The second-order valence-electron chi connectivity index (χ2n) is 8.28. The molecule has 6 heteroatoms. The van der Waals surface area contributed by atoms with Gasteiger partial charge in [0.05, 0.1) is 12.2 Å². The molecule has 0 saturated carbocycles. The van der Waals surface area contributed by atoms with Crippen LogP contribution in [0.2, 0.25) is 0 Å². The first-order valence-corrected chi connectivity index (χ1v) is 12.6. The summed E-state index contributed by atoms with van der Waals surface area (Å²) in [5, 5.41) is 11.8. The summed E-state index contributed by atoms with van der Waals surface area (Å²) in [7, 11) is 0. The number of aromatic nitrogens is 1. The van der Waals surface area contributed by atoms with Crippen molar-refractivity contribution in [2.75, 3.05) is 6.26 Å². The molecule has 0 aliphatic carbocycles. The standard InChI is InChI=1S/C30H26N2O3S/c1-20-6-10-26(18-28(20)36-2)30(35)32-19-27-17-25(14-15-31-27)24-5-3-4-23(16-24)22-11-7-21(8-12-22)9-13-29(33)34/h3-18H,19H2,1-2H3,(H,32,35)(H,33,34)/b13-9+. The largest absolute Gasteiger partial charge is 0.478 e. The molecule has 3 aromatic carbocycles. The van der Waals surface area contributed by atoms with Crippen LogP contribution in [-0.2, 0) is 11.3 Å². The Hall–Kier alpha value is -4.16. The fourth-order valence-electron chi connectivity index (χ4n) is 3.82. The average Bonchev–Trinajstić information content (AvgIpc) is 2.91. The summed E-state index contributed by atoms with van der Waals surface area (Å²) in [6.07, 6.45) is 6.45. The van der Waals surface area contributed by atoms with Gasteiger partial charge in [-0.2, -0.15) is 0 Å². The lowest BCUT2D eigenvalue weighted by Gasteiger charge is -2.10. The van der Waals surface area contributed by atoms with Crippen LogP contribution >= 0.6 is 11.8 Å². The molecule has 0 spiro atoms. The van der Waals surface area contributed by atoms with Crippen molar-refractivity contribution in [3.63, 3.8) is 0 Å². The minimum atomic E-state index is -0.969. The number of rotatable bonds is 8. The van der Waals surface area contributed by atoms with E-state index in [9.17, 15) is 9.59 Å². The zero-order valence-corrected chi connectivity index (χ0v) is 20.9. The monoisotopic (exact) mass is 494 g/mol. The van der Waals surface area contributed by atoms with Gasteiger partial charge in [0.2, 0.25) is 0 Å². The zero-order chi connectivity index (χ0) is 25.5. The number of nitrogens with one attached hydrogen (secondary N) is 1. The number of amides is 1. The van der Waals surface area contributed by atoms with Gasteiger partial charge in [0.15, 0.2) is 0 Å². The minimum absolute atomic E-state index is 0.124. The maximum atomic E-state index is 12.7. The Bertz CT molecular complexity index is 1430. The summed E-state index contributed by atoms with van der Waals surface area (Å²) < 4.78 is 0. The maximum absolute atomic E-state index is 12.7. The number of hydrogen-bond donors (Lipinski definition) is 2. The highest BCUT2D eigenvalue weighted by molar-refractivity contribution is 7.98. The summed E-state index contributed by atoms with van der Waals surface area (Å²) in [5.74, 6) is -1.09. The van der Waals surface area contributed by atoms with Gasteiger partial charge in [-0.3, -0.25) is 9.78 Å². The third-order valence-electron chi connectivity index (χ3n) is 5.78. The summed E-state index contributed by atoms with van der Waals surface area (Å²) in [5.41, 5.74) is 7.54. The normalized spacial score (nSPS) is 10.9. The number of carboxylic acid groups (broad SMARTS) is 1. The first kappa shape index (κ1) is 24.9. The number of carbonyl (C=O) groups excluding carboxylic acids is 1. The lowest BCUT2D eigenvalue weighted by atomic mass is 9.98. The number of benzene rings is 3. The van der Waals surface area contributed by atoms with Gasteiger partial charge in [-0.05, 0) is 83.0 Å². The van der Waals surface area contributed by atoms with E-state index in [1.54, 1.807) is 24.0 Å². The van der Waals surface area contributed by atoms with Crippen molar-refractivity contribution in [1.29, 1.82) is 0 Å². The number of carboxylic acids is 1.